The number of hydrogen-bond acceptors (Lipinski definition) is 2. The molecule has 66 valence electrons. The minimum Gasteiger partial charge on any atom is -0.393 e. The molecule has 1 fully saturated rings. The monoisotopic (exact) mass is 157 g/mol. The van der Waals surface area contributed by atoms with E-state index in [0.29, 0.717) is 11.8 Å². The van der Waals surface area contributed by atoms with Crippen molar-refractivity contribution < 1.29 is 5.11 Å². The molecule has 0 unspecified atom stereocenters. The van der Waals surface area contributed by atoms with Gasteiger partial charge in [0.25, 0.3) is 0 Å². The molecule has 0 bridgehead atoms. The van der Waals surface area contributed by atoms with Gasteiger partial charge >= 0.3 is 0 Å². The number of rotatable bonds is 2. The Bertz CT molecular complexity index is 142. The molecule has 1 rings (SSSR count). The first-order chi connectivity index (χ1) is 5.00. The topological polar surface area (TPSA) is 46.2 Å². The lowest BCUT2D eigenvalue weighted by Crippen LogP contribution is -2.52. The SMILES string of the molecule is C[C@H](O)[C@@H]1C[C@H](CN)C1(C)C. The first kappa shape index (κ1) is 9.01. The standard InChI is InChI=1S/C9H19NO/c1-6(11)8-4-7(5-10)9(8,2)3/h6-8,11H,4-5,10H2,1-3H3/t6-,7+,8-/m0/s1. The fourth-order valence-electron chi connectivity index (χ4n) is 2.27. The van der Waals surface area contributed by atoms with Crippen molar-refractivity contribution in [3.8, 4) is 0 Å². The molecule has 0 aromatic heterocycles. The summed E-state index contributed by atoms with van der Waals surface area (Å²) in [5.74, 6) is 1.07. The van der Waals surface area contributed by atoms with E-state index in [9.17, 15) is 5.11 Å². The van der Waals surface area contributed by atoms with Crippen LogP contribution in [0, 0.1) is 17.3 Å². The quantitative estimate of drug-likeness (QED) is 0.628. The Morgan fingerprint density at radius 2 is 2.18 bits per heavy atom. The van der Waals surface area contributed by atoms with Crippen molar-refractivity contribution in [1.29, 1.82) is 0 Å². The summed E-state index contributed by atoms with van der Waals surface area (Å²) in [4.78, 5) is 0. The molecular formula is C9H19NO. The summed E-state index contributed by atoms with van der Waals surface area (Å²) in [5.41, 5.74) is 5.84. The van der Waals surface area contributed by atoms with Crippen LogP contribution in [0.25, 0.3) is 0 Å². The van der Waals surface area contributed by atoms with Gasteiger partial charge in [-0.3, -0.25) is 0 Å². The van der Waals surface area contributed by atoms with Gasteiger partial charge in [-0.15, -0.1) is 0 Å². The van der Waals surface area contributed by atoms with Crippen LogP contribution >= 0.6 is 0 Å². The second kappa shape index (κ2) is 2.76. The normalized spacial score (nSPS) is 37.9. The van der Waals surface area contributed by atoms with Gasteiger partial charge in [-0.25, -0.2) is 0 Å². The molecule has 11 heavy (non-hydrogen) atoms. The zero-order valence-electron chi connectivity index (χ0n) is 7.67. The summed E-state index contributed by atoms with van der Waals surface area (Å²) >= 11 is 0. The van der Waals surface area contributed by atoms with Crippen molar-refractivity contribution in [2.24, 2.45) is 23.0 Å². The maximum absolute atomic E-state index is 9.38. The van der Waals surface area contributed by atoms with Gasteiger partial charge in [0.15, 0.2) is 0 Å². The maximum Gasteiger partial charge on any atom is 0.0545 e. The smallest absolute Gasteiger partial charge is 0.0545 e. The average Bonchev–Trinajstić information content (AvgIpc) is 1.85. The van der Waals surface area contributed by atoms with Crippen LogP contribution in [0.4, 0.5) is 0 Å². The van der Waals surface area contributed by atoms with Crippen molar-refractivity contribution in [3.05, 3.63) is 0 Å². The molecule has 2 heteroatoms. The maximum atomic E-state index is 9.38. The molecule has 0 saturated heterocycles. The number of hydrogen-bond donors (Lipinski definition) is 2. The summed E-state index contributed by atoms with van der Waals surface area (Å²) in [7, 11) is 0. The van der Waals surface area contributed by atoms with E-state index in [1.165, 1.54) is 0 Å². The van der Waals surface area contributed by atoms with Crippen molar-refractivity contribution >= 4 is 0 Å². The van der Waals surface area contributed by atoms with Crippen LogP contribution in [0.15, 0.2) is 0 Å². The van der Waals surface area contributed by atoms with Crippen LogP contribution in [-0.4, -0.2) is 17.8 Å². The van der Waals surface area contributed by atoms with E-state index in [0.717, 1.165) is 13.0 Å². The van der Waals surface area contributed by atoms with E-state index >= 15 is 0 Å². The lowest BCUT2D eigenvalue weighted by Gasteiger charge is -2.53. The van der Waals surface area contributed by atoms with E-state index in [1.54, 1.807) is 0 Å². The number of nitrogens with two attached hydrogens (primary N) is 1. The predicted octanol–water partition coefficient (Wildman–Crippen LogP) is 0.988. The Morgan fingerprint density at radius 3 is 2.45 bits per heavy atom. The van der Waals surface area contributed by atoms with Crippen molar-refractivity contribution in [1.82, 2.24) is 0 Å². The molecule has 0 aliphatic heterocycles. The van der Waals surface area contributed by atoms with Crippen molar-refractivity contribution in [3.63, 3.8) is 0 Å². The van der Waals surface area contributed by atoms with E-state index in [2.05, 4.69) is 13.8 Å². The molecule has 0 aromatic carbocycles. The second-order valence-electron chi connectivity index (χ2n) is 4.34. The summed E-state index contributed by atoms with van der Waals surface area (Å²) in [6.07, 6.45) is 0.925. The highest BCUT2D eigenvalue weighted by molar-refractivity contribution is 4.98. The van der Waals surface area contributed by atoms with E-state index in [-0.39, 0.29) is 11.5 Å². The zero-order chi connectivity index (χ0) is 8.65. The molecule has 0 aromatic rings. The van der Waals surface area contributed by atoms with Crippen LogP contribution in [0.1, 0.15) is 27.2 Å². The lowest BCUT2D eigenvalue weighted by atomic mass is 9.53. The zero-order valence-corrected chi connectivity index (χ0v) is 7.67. The second-order valence-corrected chi connectivity index (χ2v) is 4.34. The van der Waals surface area contributed by atoms with E-state index in [4.69, 9.17) is 5.73 Å². The fourth-order valence-corrected chi connectivity index (χ4v) is 2.27. The predicted molar refractivity (Wildman–Crippen MR) is 46.1 cm³/mol. The molecule has 3 atom stereocenters. The third-order valence-corrected chi connectivity index (χ3v) is 3.41. The summed E-state index contributed by atoms with van der Waals surface area (Å²) in [6.45, 7) is 7.03. The van der Waals surface area contributed by atoms with Gasteiger partial charge in [0.2, 0.25) is 0 Å². The van der Waals surface area contributed by atoms with Crippen LogP contribution in [0.3, 0.4) is 0 Å². The Morgan fingerprint density at radius 1 is 1.64 bits per heavy atom. The van der Waals surface area contributed by atoms with Crippen LogP contribution in [-0.2, 0) is 0 Å². The van der Waals surface area contributed by atoms with Gasteiger partial charge in [-0.1, -0.05) is 13.8 Å². The highest BCUT2D eigenvalue weighted by Gasteiger charge is 2.48. The molecular weight excluding hydrogens is 138 g/mol. The number of aliphatic hydroxyl groups is 1. The molecule has 0 heterocycles. The first-order valence-corrected chi connectivity index (χ1v) is 4.38. The molecule has 0 amide bonds. The molecule has 2 nitrogen and oxygen atoms in total. The van der Waals surface area contributed by atoms with Gasteiger partial charge in [0, 0.05) is 0 Å². The highest BCUT2D eigenvalue weighted by atomic mass is 16.3. The Hall–Kier alpha value is -0.0800. The Balaban J connectivity index is 2.54. The Labute approximate surface area is 68.8 Å². The molecule has 1 aliphatic carbocycles. The third kappa shape index (κ3) is 1.30. The average molecular weight is 157 g/mol. The number of aliphatic hydroxyl groups excluding tert-OH is 1. The molecule has 1 aliphatic rings. The first-order valence-electron chi connectivity index (χ1n) is 4.38. The summed E-state index contributed by atoms with van der Waals surface area (Å²) in [5, 5.41) is 9.38. The van der Waals surface area contributed by atoms with Gasteiger partial charge in [0.05, 0.1) is 6.10 Å². The van der Waals surface area contributed by atoms with E-state index < -0.39 is 0 Å². The molecule has 0 spiro atoms. The summed E-state index contributed by atoms with van der Waals surface area (Å²) < 4.78 is 0. The minimum absolute atomic E-state index is 0.173. The lowest BCUT2D eigenvalue weighted by molar-refractivity contribution is -0.0831. The van der Waals surface area contributed by atoms with Gasteiger partial charge in [-0.2, -0.15) is 0 Å². The van der Waals surface area contributed by atoms with Crippen molar-refractivity contribution in [2.45, 2.75) is 33.3 Å². The third-order valence-electron chi connectivity index (χ3n) is 3.41. The van der Waals surface area contributed by atoms with E-state index in [1.807, 2.05) is 6.92 Å². The van der Waals surface area contributed by atoms with Crippen LogP contribution < -0.4 is 5.73 Å². The van der Waals surface area contributed by atoms with Gasteiger partial charge in [-0.05, 0) is 37.1 Å². The van der Waals surface area contributed by atoms with Crippen LogP contribution in [0.5, 0.6) is 0 Å². The van der Waals surface area contributed by atoms with Crippen molar-refractivity contribution in [2.75, 3.05) is 6.54 Å². The molecule has 1 saturated carbocycles. The van der Waals surface area contributed by atoms with Gasteiger partial charge in [0.1, 0.15) is 0 Å². The fraction of sp³-hybridized carbons (Fsp3) is 1.00. The van der Waals surface area contributed by atoms with Gasteiger partial charge < -0.3 is 10.8 Å². The largest absolute Gasteiger partial charge is 0.393 e. The summed E-state index contributed by atoms with van der Waals surface area (Å²) in [6, 6.07) is 0. The molecule has 3 N–H and O–H groups in total. The minimum atomic E-state index is -0.173. The highest BCUT2D eigenvalue weighted by Crippen LogP contribution is 2.52. The van der Waals surface area contributed by atoms with Crippen LogP contribution in [0.2, 0.25) is 0 Å². The Kier molecular flexibility index (Phi) is 2.26. The molecule has 0 radical (unpaired) electrons.